The number of hydrogen-bond donors (Lipinski definition) is 1. The molecule has 0 unspecified atom stereocenters. The summed E-state index contributed by atoms with van der Waals surface area (Å²) in [5, 5.41) is 8.48. The van der Waals surface area contributed by atoms with Gasteiger partial charge in [-0.3, -0.25) is 4.79 Å². The van der Waals surface area contributed by atoms with Crippen molar-refractivity contribution in [2.75, 3.05) is 6.61 Å². The van der Waals surface area contributed by atoms with Crippen LogP contribution in [0.25, 0.3) is 5.69 Å². The molecule has 7 heteroatoms. The van der Waals surface area contributed by atoms with E-state index in [1.54, 1.807) is 23.0 Å². The fourth-order valence-electron chi connectivity index (χ4n) is 3.04. The predicted octanol–water partition coefficient (Wildman–Crippen LogP) is 3.77. The third-order valence-corrected chi connectivity index (χ3v) is 4.37. The molecule has 6 nitrogen and oxygen atoms in total. The van der Waals surface area contributed by atoms with Gasteiger partial charge < -0.3 is 4.74 Å². The molecule has 0 aliphatic heterocycles. The van der Waals surface area contributed by atoms with Gasteiger partial charge in [-0.25, -0.2) is 14.5 Å². The summed E-state index contributed by atoms with van der Waals surface area (Å²) < 4.78 is 20.4. The zero-order valence-electron chi connectivity index (χ0n) is 16.9. The highest BCUT2D eigenvalue weighted by atomic mass is 19.1. The number of amides is 1. The Hall–Kier alpha value is -3.48. The minimum absolute atomic E-state index is 0.132. The molecule has 1 heterocycles. The van der Waals surface area contributed by atoms with E-state index < -0.39 is 0 Å². The van der Waals surface area contributed by atoms with E-state index in [2.05, 4.69) is 15.6 Å². The molecule has 1 N–H and O–H groups in total. The second kappa shape index (κ2) is 8.68. The van der Waals surface area contributed by atoms with Crippen molar-refractivity contribution in [2.45, 2.75) is 27.7 Å². The molecule has 150 valence electrons. The normalized spacial score (nSPS) is 11.1. The van der Waals surface area contributed by atoms with Gasteiger partial charge in [0.05, 0.1) is 23.3 Å². The number of hydrogen-bond acceptors (Lipinski definition) is 4. The molecule has 29 heavy (non-hydrogen) atoms. The highest BCUT2D eigenvalue weighted by molar-refractivity contribution is 5.85. The lowest BCUT2D eigenvalue weighted by Gasteiger charge is -2.07. The molecule has 0 aliphatic carbocycles. The van der Waals surface area contributed by atoms with Gasteiger partial charge in [0.1, 0.15) is 11.6 Å². The number of hydrazone groups is 1. The maximum atomic E-state index is 13.1. The smallest absolute Gasteiger partial charge is 0.277 e. The minimum atomic E-state index is -0.360. The third kappa shape index (κ3) is 5.07. The Kier molecular flexibility index (Phi) is 6.07. The second-order valence-electron chi connectivity index (χ2n) is 6.88. The van der Waals surface area contributed by atoms with Crippen molar-refractivity contribution in [3.63, 3.8) is 0 Å². The van der Waals surface area contributed by atoms with Gasteiger partial charge in [0.15, 0.2) is 6.61 Å². The number of rotatable bonds is 6. The van der Waals surface area contributed by atoms with E-state index in [0.717, 1.165) is 33.8 Å². The van der Waals surface area contributed by atoms with Crippen LogP contribution in [0.2, 0.25) is 0 Å². The summed E-state index contributed by atoms with van der Waals surface area (Å²) in [7, 11) is 0. The van der Waals surface area contributed by atoms with Crippen LogP contribution in [0.4, 0.5) is 4.39 Å². The van der Waals surface area contributed by atoms with Gasteiger partial charge in [0.25, 0.3) is 5.91 Å². The fraction of sp³-hybridized carbons (Fsp3) is 0.227. The Morgan fingerprint density at radius 2 is 1.79 bits per heavy atom. The number of halogens is 1. The van der Waals surface area contributed by atoms with E-state index in [1.165, 1.54) is 12.1 Å². The number of carbonyl (C=O) groups excluding carboxylic acids is 1. The maximum Gasteiger partial charge on any atom is 0.277 e. The van der Waals surface area contributed by atoms with Crippen LogP contribution in [-0.2, 0) is 4.79 Å². The summed E-state index contributed by atoms with van der Waals surface area (Å²) >= 11 is 0. The average Bonchev–Trinajstić information content (AvgIpc) is 2.94. The molecule has 0 aliphatic rings. The summed E-state index contributed by atoms with van der Waals surface area (Å²) in [5.41, 5.74) is 7.71. The van der Waals surface area contributed by atoms with E-state index in [4.69, 9.17) is 4.74 Å². The molecule has 3 rings (SSSR count). The standard InChI is InChI=1S/C22H23FN4O2/c1-14-9-15(2)11-20(10-14)29-13-22(28)25-24-12-21-16(3)26-27(17(21)4)19-7-5-18(23)6-8-19/h5-12H,13H2,1-4H3,(H,25,28)/b24-12-. The molecule has 2 aromatic carbocycles. The van der Waals surface area contributed by atoms with Crippen LogP contribution >= 0.6 is 0 Å². The Morgan fingerprint density at radius 1 is 1.14 bits per heavy atom. The van der Waals surface area contributed by atoms with E-state index in [-0.39, 0.29) is 18.3 Å². The van der Waals surface area contributed by atoms with Crippen LogP contribution in [0, 0.1) is 33.5 Å². The van der Waals surface area contributed by atoms with E-state index in [9.17, 15) is 9.18 Å². The number of nitrogens with one attached hydrogen (secondary N) is 1. The minimum Gasteiger partial charge on any atom is -0.484 e. The molecule has 0 radical (unpaired) electrons. The number of ether oxygens (including phenoxy) is 1. The first-order valence-corrected chi connectivity index (χ1v) is 9.18. The van der Waals surface area contributed by atoms with Crippen molar-refractivity contribution in [3.8, 4) is 11.4 Å². The summed E-state index contributed by atoms with van der Waals surface area (Å²) in [6.45, 7) is 7.55. The van der Waals surface area contributed by atoms with Crippen LogP contribution in [0.5, 0.6) is 5.75 Å². The van der Waals surface area contributed by atoms with Crippen LogP contribution < -0.4 is 10.2 Å². The molecular formula is C22H23FN4O2. The van der Waals surface area contributed by atoms with Gasteiger partial charge in [-0.15, -0.1) is 0 Å². The number of benzene rings is 2. The Labute approximate surface area is 169 Å². The van der Waals surface area contributed by atoms with Crippen LogP contribution in [0.15, 0.2) is 47.6 Å². The summed E-state index contributed by atoms with van der Waals surface area (Å²) in [6, 6.07) is 11.9. The first kappa shape index (κ1) is 20.3. The van der Waals surface area contributed by atoms with Crippen LogP contribution in [0.3, 0.4) is 0 Å². The van der Waals surface area contributed by atoms with Gasteiger partial charge >= 0.3 is 0 Å². The van der Waals surface area contributed by atoms with Gasteiger partial charge in [0, 0.05) is 5.56 Å². The first-order chi connectivity index (χ1) is 13.8. The zero-order chi connectivity index (χ0) is 21.0. The molecule has 0 spiro atoms. The van der Waals surface area contributed by atoms with Crippen molar-refractivity contribution in [1.29, 1.82) is 0 Å². The Morgan fingerprint density at radius 3 is 2.45 bits per heavy atom. The molecule has 0 saturated carbocycles. The highest BCUT2D eigenvalue weighted by Crippen LogP contribution is 2.17. The molecule has 3 aromatic rings. The lowest BCUT2D eigenvalue weighted by molar-refractivity contribution is -0.123. The third-order valence-electron chi connectivity index (χ3n) is 4.37. The monoisotopic (exact) mass is 394 g/mol. The molecule has 0 saturated heterocycles. The van der Waals surface area contributed by atoms with Crippen molar-refractivity contribution < 1.29 is 13.9 Å². The summed E-state index contributed by atoms with van der Waals surface area (Å²) in [6.07, 6.45) is 1.55. The second-order valence-corrected chi connectivity index (χ2v) is 6.88. The number of aryl methyl sites for hydroxylation is 3. The number of carbonyl (C=O) groups is 1. The van der Waals surface area contributed by atoms with Crippen molar-refractivity contribution in [3.05, 3.63) is 76.4 Å². The van der Waals surface area contributed by atoms with Gasteiger partial charge in [-0.2, -0.15) is 10.2 Å². The number of aromatic nitrogens is 2. The lowest BCUT2D eigenvalue weighted by Crippen LogP contribution is -2.24. The topological polar surface area (TPSA) is 68.5 Å². The fourth-order valence-corrected chi connectivity index (χ4v) is 3.04. The number of nitrogens with zero attached hydrogens (tertiary/aromatic N) is 3. The van der Waals surface area contributed by atoms with Crippen molar-refractivity contribution >= 4 is 12.1 Å². The molecule has 1 aromatic heterocycles. The Balaban J connectivity index is 1.62. The molecule has 0 fully saturated rings. The van der Waals surface area contributed by atoms with E-state index in [0.29, 0.717) is 5.75 Å². The highest BCUT2D eigenvalue weighted by Gasteiger charge is 2.11. The molecule has 1 amide bonds. The largest absolute Gasteiger partial charge is 0.484 e. The summed E-state index contributed by atoms with van der Waals surface area (Å²) in [5.74, 6) is -0.0154. The molecular weight excluding hydrogens is 371 g/mol. The van der Waals surface area contributed by atoms with Crippen LogP contribution in [-0.4, -0.2) is 28.5 Å². The van der Waals surface area contributed by atoms with Crippen LogP contribution in [0.1, 0.15) is 28.1 Å². The summed E-state index contributed by atoms with van der Waals surface area (Å²) in [4.78, 5) is 12.0. The predicted molar refractivity (Wildman–Crippen MR) is 110 cm³/mol. The van der Waals surface area contributed by atoms with Gasteiger partial charge in [0.2, 0.25) is 0 Å². The van der Waals surface area contributed by atoms with Crippen molar-refractivity contribution in [2.24, 2.45) is 5.10 Å². The average molecular weight is 394 g/mol. The zero-order valence-corrected chi connectivity index (χ0v) is 16.9. The quantitative estimate of drug-likeness (QED) is 0.511. The SMILES string of the molecule is Cc1cc(C)cc(OCC(=O)N/N=C\c2c(C)nn(-c3ccc(F)cc3)c2C)c1. The van der Waals surface area contributed by atoms with E-state index >= 15 is 0 Å². The van der Waals surface area contributed by atoms with E-state index in [1.807, 2.05) is 45.9 Å². The van der Waals surface area contributed by atoms with Gasteiger partial charge in [-0.1, -0.05) is 6.07 Å². The molecule has 0 bridgehead atoms. The van der Waals surface area contributed by atoms with Gasteiger partial charge in [-0.05, 0) is 75.2 Å². The molecule has 0 atom stereocenters. The lowest BCUT2D eigenvalue weighted by atomic mass is 10.1. The first-order valence-electron chi connectivity index (χ1n) is 9.18. The maximum absolute atomic E-state index is 13.1. The van der Waals surface area contributed by atoms with Crippen molar-refractivity contribution in [1.82, 2.24) is 15.2 Å². The Bertz CT molecular complexity index is 1040.